The first-order chi connectivity index (χ1) is 5.20. The van der Waals surface area contributed by atoms with E-state index in [-0.39, 0.29) is 153 Å². The summed E-state index contributed by atoms with van der Waals surface area (Å²) in [6.45, 7) is 0. The van der Waals surface area contributed by atoms with Gasteiger partial charge in [-0.25, -0.2) is 0 Å². The summed E-state index contributed by atoms with van der Waals surface area (Å²) in [5, 5.41) is 75.8. The predicted octanol–water partition coefficient (Wildman–Crippen LogP) is -13.0. The van der Waals surface area contributed by atoms with Crippen LogP contribution in [0.3, 0.4) is 0 Å². The molecule has 0 aromatic rings. The van der Waals surface area contributed by atoms with Crippen molar-refractivity contribution in [3.63, 3.8) is 0 Å². The van der Waals surface area contributed by atoms with Crippen LogP contribution in [0.5, 0.6) is 0 Å². The van der Waals surface area contributed by atoms with E-state index >= 15 is 0 Å². The van der Waals surface area contributed by atoms with Gasteiger partial charge in [-0.2, -0.15) is 0 Å². The Kier molecular flexibility index (Phi) is 98.6. The summed E-state index contributed by atoms with van der Waals surface area (Å²) in [4.78, 5) is 0. The maximum absolute atomic E-state index is 8.42. The van der Waals surface area contributed by atoms with Crippen molar-refractivity contribution in [1.82, 2.24) is 0 Å². The molecule has 0 unspecified atom stereocenters. The van der Waals surface area contributed by atoms with E-state index in [1.54, 1.807) is 0 Å². The van der Waals surface area contributed by atoms with Crippen LogP contribution in [-0.4, -0.2) is 135 Å². The maximum atomic E-state index is 8.42. The molecule has 1 radical (unpaired) electrons. The molecule has 0 saturated carbocycles. The van der Waals surface area contributed by atoms with E-state index in [4.69, 9.17) is 45.2 Å². The molecular weight excluding hydrogens is 454 g/mol. The van der Waals surface area contributed by atoms with Crippen molar-refractivity contribution in [3.8, 4) is 0 Å². The van der Waals surface area contributed by atoms with Gasteiger partial charge in [-0.05, 0) is 0 Å². The molecule has 0 atom stereocenters. The quantitative estimate of drug-likeness (QED) is 0.318. The summed E-state index contributed by atoms with van der Waals surface area (Å²) in [5.74, 6) is 0. The van der Waals surface area contributed by atoms with Gasteiger partial charge in [-0.3, -0.25) is 22.0 Å². The van der Waals surface area contributed by atoms with Crippen LogP contribution in [0.25, 0.3) is 0 Å². The average molecular weight is 454 g/mol. The fourth-order valence-corrected chi connectivity index (χ4v) is 0. The Bertz CT molecular complexity index is 54.5. The van der Waals surface area contributed by atoms with Crippen molar-refractivity contribution < 1.29 is 85.2 Å². The normalized spacial score (nSPS) is 5.06. The fourth-order valence-electron chi connectivity index (χ4n) is 0. The Balaban J connectivity index is -0.0000000135. The van der Waals surface area contributed by atoms with Crippen molar-refractivity contribution >= 4 is 135 Å². The predicted molar refractivity (Wildman–Crippen MR) is 34.5 cm³/mol. The van der Waals surface area contributed by atoms with E-state index in [0.717, 1.165) is 0 Å². The van der Waals surface area contributed by atoms with Gasteiger partial charge in [0.1, 0.15) is 0 Å². The molecule has 0 saturated heterocycles. The average Bonchev–Trinajstić information content (AvgIpc) is 1.54. The summed E-state index contributed by atoms with van der Waals surface area (Å²) >= 11 is 0. The molecule has 0 rings (SSSR count). The van der Waals surface area contributed by atoms with E-state index in [2.05, 4.69) is 0 Å². The largest absolute Gasteiger partial charge is 3.00 e. The zero-order valence-corrected chi connectivity index (χ0v) is 16.8. The van der Waals surface area contributed by atoms with Crippen molar-refractivity contribution in [2.45, 2.75) is 0 Å². The number of hydrogen-bond donors (Lipinski definition) is 0. The smallest absolute Gasteiger partial charge is 0.907 e. The second kappa shape index (κ2) is 36.8. The summed E-state index contributed by atoms with van der Waals surface area (Å²) in [5.41, 5.74) is 0. The van der Waals surface area contributed by atoms with E-state index in [9.17, 15) is 0 Å². The molecule has 0 amide bonds. The van der Waals surface area contributed by atoms with Gasteiger partial charge in [0.2, 0.25) is 0 Å². The third-order valence-electron chi connectivity index (χ3n) is 0. The molecule has 0 heterocycles. The van der Waals surface area contributed by atoms with Gasteiger partial charge in [0, 0.05) is 0 Å². The first kappa shape index (κ1) is 42.8. The molecule has 9 nitrogen and oxygen atoms in total. The first-order valence-electron chi connectivity index (χ1n) is 2.12. The minimum absolute atomic E-state index is 0. The molecule has 0 aromatic carbocycles. The van der Waals surface area contributed by atoms with E-state index in [1.807, 2.05) is 0 Å². The zero-order chi connectivity index (χ0) is 10.7. The van der Waals surface area contributed by atoms with Crippen LogP contribution in [0.15, 0.2) is 0 Å². The fraction of sp³-hybridized carbons (Fsp3) is 0. The third kappa shape index (κ3) is 250. The van der Waals surface area contributed by atoms with Crippen molar-refractivity contribution in [3.05, 3.63) is 0 Å². The molecule has 0 aromatic heterocycles. The minimum Gasteiger partial charge on any atom is -0.907 e. The Hall–Kier alpha value is 4.94. The topological polar surface area (TPSA) is 208 Å². The third-order valence-corrected chi connectivity index (χ3v) is 0. The Labute approximate surface area is 215 Å². The summed E-state index contributed by atoms with van der Waals surface area (Å²) in [7, 11) is -8.75. The van der Waals surface area contributed by atoms with Crippen LogP contribution in [0.4, 0.5) is 0 Å². The van der Waals surface area contributed by atoms with Crippen LogP contribution < -0.4 is 45.2 Å². The Morgan fingerprint density at radius 3 is 0.375 bits per heavy atom. The number of hydrogen-bond acceptors (Lipinski definition) is 9. The molecule has 0 aliphatic rings. The summed E-state index contributed by atoms with van der Waals surface area (Å²) < 4.78 is 0. The molecule has 16 heavy (non-hydrogen) atoms. The van der Waals surface area contributed by atoms with Crippen LogP contribution in [-0.2, 0) is 0 Å². The Morgan fingerprint density at radius 2 is 0.375 bits per heavy atom. The zero-order valence-electron chi connectivity index (χ0n) is 7.88. The van der Waals surface area contributed by atoms with E-state index in [0.29, 0.717) is 0 Å². The van der Waals surface area contributed by atoms with Gasteiger partial charge in [-0.1, -0.05) is 0 Å². The van der Waals surface area contributed by atoms with Gasteiger partial charge in [0.05, 0.1) is 0 Å². The second-order valence-electron chi connectivity index (χ2n) is 0.866. The molecule has 0 fully saturated rings. The van der Waals surface area contributed by atoms with Gasteiger partial charge in [0.15, 0.2) is 0 Å². The molecule has 16 heteroatoms. The molecule has 0 spiro atoms. The standard InChI is InChI=1S/3BO3.3Ca.Gd/c3*2-1(3)4;;;;/q3*-3;3*+2;+3. The first-order valence-corrected chi connectivity index (χ1v) is 2.12. The van der Waals surface area contributed by atoms with E-state index < -0.39 is 22.0 Å². The van der Waals surface area contributed by atoms with Crippen LogP contribution in [0.1, 0.15) is 0 Å². The van der Waals surface area contributed by atoms with Gasteiger partial charge in [0.25, 0.3) is 0 Å². The van der Waals surface area contributed by atoms with Gasteiger partial charge >= 0.3 is 153 Å². The molecule has 0 aliphatic heterocycles. The molecule has 0 N–H and O–H groups in total. The maximum Gasteiger partial charge on any atom is 3.00 e. The van der Waals surface area contributed by atoms with Crippen LogP contribution in [0.2, 0.25) is 0 Å². The monoisotopic (exact) mass is 455 g/mol. The molecule has 77 valence electrons. The summed E-state index contributed by atoms with van der Waals surface area (Å²) in [6, 6.07) is 0. The van der Waals surface area contributed by atoms with E-state index in [1.165, 1.54) is 0 Å². The molecule has 0 aliphatic carbocycles. The van der Waals surface area contributed by atoms with Crippen LogP contribution >= 0.6 is 0 Å². The van der Waals surface area contributed by atoms with Crippen molar-refractivity contribution in [1.29, 1.82) is 0 Å². The van der Waals surface area contributed by atoms with Crippen molar-refractivity contribution in [2.24, 2.45) is 0 Å². The number of rotatable bonds is 0. The van der Waals surface area contributed by atoms with Gasteiger partial charge < -0.3 is 45.2 Å². The van der Waals surface area contributed by atoms with Gasteiger partial charge in [-0.15, -0.1) is 0 Å². The summed E-state index contributed by atoms with van der Waals surface area (Å²) in [6.07, 6.45) is 0. The molecule has 0 bridgehead atoms. The molecular formula is B3Ca3GdO9. The SMILES string of the molecule is [Ca+2].[Ca+2].[Ca+2].[Gd+3].[O-]B([O-])[O-].[O-]B([O-])[O-].[O-]B([O-])[O-]. The van der Waals surface area contributed by atoms with Crippen LogP contribution in [0, 0.1) is 39.9 Å². The minimum atomic E-state index is -2.92. The Morgan fingerprint density at radius 1 is 0.375 bits per heavy atom. The van der Waals surface area contributed by atoms with Crippen molar-refractivity contribution in [2.75, 3.05) is 0 Å². The second-order valence-corrected chi connectivity index (χ2v) is 0.866.